The van der Waals surface area contributed by atoms with E-state index in [1.165, 1.54) is 6.20 Å². The van der Waals surface area contributed by atoms with E-state index in [4.69, 9.17) is 4.74 Å². The molecule has 106 valence electrons. The molecule has 0 aliphatic rings. The lowest BCUT2D eigenvalue weighted by molar-refractivity contribution is -0.385. The van der Waals surface area contributed by atoms with Gasteiger partial charge in [0, 0.05) is 27.4 Å². The van der Waals surface area contributed by atoms with E-state index in [1.54, 1.807) is 7.11 Å². The number of aromatic nitrogens is 1. The van der Waals surface area contributed by atoms with Gasteiger partial charge in [0.2, 0.25) is 0 Å². The monoisotopic (exact) mass is 402 g/mol. The largest absolute Gasteiger partial charge is 0.384 e. The molecule has 0 saturated carbocycles. The summed E-state index contributed by atoms with van der Waals surface area (Å²) >= 11 is 6.87. The lowest BCUT2D eigenvalue weighted by Gasteiger charge is -2.11. The number of benzene rings is 1. The summed E-state index contributed by atoms with van der Waals surface area (Å²) in [6.07, 6.45) is 1.82. The molecule has 0 spiro atoms. The van der Waals surface area contributed by atoms with Crippen molar-refractivity contribution in [1.29, 1.82) is 0 Å². The number of alkyl halides is 1. The van der Waals surface area contributed by atoms with Crippen LogP contribution in [0.5, 0.6) is 0 Å². The van der Waals surface area contributed by atoms with Gasteiger partial charge in [0.15, 0.2) is 0 Å². The van der Waals surface area contributed by atoms with Crippen molar-refractivity contribution in [3.63, 3.8) is 0 Å². The molecule has 0 aliphatic heterocycles. The lowest BCUT2D eigenvalue weighted by atomic mass is 10.0. The zero-order valence-electron chi connectivity index (χ0n) is 10.7. The summed E-state index contributed by atoms with van der Waals surface area (Å²) in [7, 11) is 1.60. The van der Waals surface area contributed by atoms with Gasteiger partial charge >= 0.3 is 0 Å². The molecule has 20 heavy (non-hydrogen) atoms. The van der Waals surface area contributed by atoms with Crippen molar-refractivity contribution in [2.75, 3.05) is 13.7 Å². The molecule has 0 radical (unpaired) electrons. The molecular formula is C13H12Br2N2O3. The van der Waals surface area contributed by atoms with E-state index in [2.05, 4.69) is 36.8 Å². The second-order valence-electron chi connectivity index (χ2n) is 4.30. The van der Waals surface area contributed by atoms with Crippen molar-refractivity contribution in [3.05, 3.63) is 44.5 Å². The number of nitrogens with zero attached hydrogens (tertiary/aromatic N) is 2. The minimum Gasteiger partial charge on any atom is -0.384 e. The van der Waals surface area contributed by atoms with E-state index in [0.717, 1.165) is 15.4 Å². The second-order valence-corrected chi connectivity index (χ2v) is 6.51. The number of hydrogen-bond acceptors (Lipinski definition) is 4. The summed E-state index contributed by atoms with van der Waals surface area (Å²) in [6, 6.07) is 5.56. The third kappa shape index (κ3) is 3.34. The number of methoxy groups -OCH3 is 1. The number of rotatable bonds is 5. The zero-order chi connectivity index (χ0) is 14.7. The number of fused-ring (bicyclic) bond motifs is 1. The molecule has 1 heterocycles. The first kappa shape index (κ1) is 15.3. The predicted molar refractivity (Wildman–Crippen MR) is 84.4 cm³/mol. The highest BCUT2D eigenvalue weighted by Crippen LogP contribution is 2.30. The highest BCUT2D eigenvalue weighted by molar-refractivity contribution is 9.10. The van der Waals surface area contributed by atoms with Gasteiger partial charge in [-0.2, -0.15) is 0 Å². The molecule has 0 fully saturated rings. The van der Waals surface area contributed by atoms with Crippen LogP contribution in [-0.4, -0.2) is 28.5 Å². The predicted octanol–water partition coefficient (Wildman–Crippen LogP) is 3.86. The Morgan fingerprint density at radius 1 is 1.50 bits per heavy atom. The third-order valence-electron chi connectivity index (χ3n) is 2.89. The maximum Gasteiger partial charge on any atom is 0.291 e. The smallest absolute Gasteiger partial charge is 0.291 e. The molecule has 1 unspecified atom stereocenters. The molecule has 2 rings (SSSR count). The van der Waals surface area contributed by atoms with Crippen LogP contribution in [0.1, 0.15) is 5.56 Å². The number of pyridine rings is 1. The number of hydrogen-bond donors (Lipinski definition) is 0. The number of nitro groups is 1. The van der Waals surface area contributed by atoms with Gasteiger partial charge in [-0.15, -0.1) is 0 Å². The summed E-state index contributed by atoms with van der Waals surface area (Å²) in [6.45, 7) is 0.481. The van der Waals surface area contributed by atoms with Gasteiger partial charge in [0.25, 0.3) is 5.69 Å². The van der Waals surface area contributed by atoms with Crippen LogP contribution < -0.4 is 0 Å². The normalized spacial score (nSPS) is 12.6. The van der Waals surface area contributed by atoms with E-state index in [0.29, 0.717) is 18.6 Å². The molecule has 5 nitrogen and oxygen atoms in total. The van der Waals surface area contributed by atoms with Crippen LogP contribution >= 0.6 is 31.9 Å². The fourth-order valence-corrected chi connectivity index (χ4v) is 2.99. The van der Waals surface area contributed by atoms with Gasteiger partial charge in [-0.25, -0.2) is 4.98 Å². The van der Waals surface area contributed by atoms with E-state index in [1.807, 2.05) is 18.2 Å². The Balaban J connectivity index is 2.58. The first-order chi connectivity index (χ1) is 9.52. The maximum atomic E-state index is 11.2. The van der Waals surface area contributed by atoms with E-state index in [9.17, 15) is 10.1 Å². The van der Waals surface area contributed by atoms with E-state index >= 15 is 0 Å². The number of halogens is 2. The Morgan fingerprint density at radius 3 is 2.90 bits per heavy atom. The molecule has 0 bridgehead atoms. The van der Waals surface area contributed by atoms with Crippen LogP contribution in [0.3, 0.4) is 0 Å². The van der Waals surface area contributed by atoms with Crippen LogP contribution in [0.2, 0.25) is 0 Å². The van der Waals surface area contributed by atoms with Gasteiger partial charge in [0.1, 0.15) is 6.20 Å². The van der Waals surface area contributed by atoms with Crippen molar-refractivity contribution in [1.82, 2.24) is 4.98 Å². The van der Waals surface area contributed by atoms with Crippen LogP contribution in [0, 0.1) is 10.1 Å². The van der Waals surface area contributed by atoms with Crippen LogP contribution in [0.15, 0.2) is 28.9 Å². The zero-order valence-corrected chi connectivity index (χ0v) is 13.8. The Morgan fingerprint density at radius 2 is 2.25 bits per heavy atom. The van der Waals surface area contributed by atoms with Crippen LogP contribution in [0.25, 0.3) is 10.9 Å². The van der Waals surface area contributed by atoms with Gasteiger partial charge in [0.05, 0.1) is 17.0 Å². The van der Waals surface area contributed by atoms with Gasteiger partial charge in [-0.05, 0) is 24.6 Å². The van der Waals surface area contributed by atoms with Gasteiger partial charge < -0.3 is 4.74 Å². The highest BCUT2D eigenvalue weighted by atomic mass is 79.9. The first-order valence-corrected chi connectivity index (χ1v) is 7.58. The molecule has 7 heteroatoms. The average molecular weight is 404 g/mol. The number of ether oxygens (including phenoxy) is 1. The third-order valence-corrected chi connectivity index (χ3v) is 3.97. The molecular weight excluding hydrogens is 392 g/mol. The van der Waals surface area contributed by atoms with E-state index < -0.39 is 4.92 Å². The average Bonchev–Trinajstić information content (AvgIpc) is 2.39. The van der Waals surface area contributed by atoms with Crippen molar-refractivity contribution >= 4 is 48.5 Å². The van der Waals surface area contributed by atoms with Crippen molar-refractivity contribution in [2.45, 2.75) is 11.2 Å². The molecule has 1 aromatic heterocycles. The summed E-state index contributed by atoms with van der Waals surface area (Å²) in [5, 5.41) is 12.0. The molecule has 1 aromatic carbocycles. The Kier molecular flexibility index (Phi) is 5.06. The Labute approximate surface area is 132 Å². The quantitative estimate of drug-likeness (QED) is 0.432. The molecule has 0 aliphatic carbocycles. The SMILES string of the molecule is COCC(Br)Cc1c([N+](=O)[O-])cnc2ccc(Br)cc12. The molecule has 2 aromatic rings. The molecule has 0 amide bonds. The van der Waals surface area contributed by atoms with Gasteiger partial charge in [-0.3, -0.25) is 10.1 Å². The fraction of sp³-hybridized carbons (Fsp3) is 0.308. The molecule has 1 atom stereocenters. The Hall–Kier alpha value is -1.05. The Bertz CT molecular complexity index is 649. The molecule has 0 saturated heterocycles. The first-order valence-electron chi connectivity index (χ1n) is 5.87. The maximum absolute atomic E-state index is 11.2. The highest BCUT2D eigenvalue weighted by Gasteiger charge is 2.20. The molecule has 0 N–H and O–H groups in total. The van der Waals surface area contributed by atoms with Gasteiger partial charge in [-0.1, -0.05) is 31.9 Å². The van der Waals surface area contributed by atoms with E-state index in [-0.39, 0.29) is 10.5 Å². The fourth-order valence-electron chi connectivity index (χ4n) is 2.04. The standard InChI is InChI=1S/C13H12Br2N2O3/c1-20-7-9(15)5-11-10-4-8(14)2-3-12(10)16-6-13(11)17(18)19/h2-4,6,9H,5,7H2,1H3. The van der Waals surface area contributed by atoms with Crippen LogP contribution in [0.4, 0.5) is 5.69 Å². The minimum atomic E-state index is -0.394. The summed E-state index contributed by atoms with van der Waals surface area (Å²) in [5.41, 5.74) is 1.45. The van der Waals surface area contributed by atoms with Crippen molar-refractivity contribution < 1.29 is 9.66 Å². The summed E-state index contributed by atoms with van der Waals surface area (Å²) in [4.78, 5) is 15.0. The van der Waals surface area contributed by atoms with Crippen LogP contribution in [-0.2, 0) is 11.2 Å². The topological polar surface area (TPSA) is 65.3 Å². The summed E-state index contributed by atoms with van der Waals surface area (Å²) in [5.74, 6) is 0. The van der Waals surface area contributed by atoms with Crippen molar-refractivity contribution in [2.24, 2.45) is 0 Å². The van der Waals surface area contributed by atoms with Crippen molar-refractivity contribution in [3.8, 4) is 0 Å². The summed E-state index contributed by atoms with van der Waals surface area (Å²) < 4.78 is 5.94. The second kappa shape index (κ2) is 6.60. The minimum absolute atomic E-state index is 0.00998. The lowest BCUT2D eigenvalue weighted by Crippen LogP contribution is -2.12.